The van der Waals surface area contributed by atoms with Crippen molar-refractivity contribution < 1.29 is 19.8 Å². The summed E-state index contributed by atoms with van der Waals surface area (Å²) in [5.41, 5.74) is 2.13. The number of halogens is 4. The van der Waals surface area contributed by atoms with Crippen LogP contribution in [-0.2, 0) is 0 Å². The number of amides is 4. The van der Waals surface area contributed by atoms with Gasteiger partial charge in [0.2, 0.25) is 0 Å². The van der Waals surface area contributed by atoms with E-state index < -0.39 is 6.03 Å². The molecule has 0 radical (unpaired) electrons. The lowest BCUT2D eigenvalue weighted by molar-refractivity contribution is -0.0127. The summed E-state index contributed by atoms with van der Waals surface area (Å²) in [5, 5.41) is 34.5. The maximum absolute atomic E-state index is 12.5. The molecule has 8 nitrogen and oxygen atoms in total. The molecule has 6 N–H and O–H groups in total. The first kappa shape index (κ1) is 34.3. The van der Waals surface area contributed by atoms with Gasteiger partial charge in [0.1, 0.15) is 0 Å². The average molecular weight is 731 g/mol. The molecule has 252 valence electrons. The van der Waals surface area contributed by atoms with E-state index in [9.17, 15) is 19.8 Å². The lowest BCUT2D eigenvalue weighted by atomic mass is 9.53. The van der Waals surface area contributed by atoms with Crippen molar-refractivity contribution >= 4 is 86.3 Å². The number of carbonyl (C=O) groups is 2. The Balaban J connectivity index is 0.000000167. The minimum atomic E-state index is -0.502. The van der Waals surface area contributed by atoms with Gasteiger partial charge < -0.3 is 31.5 Å². The number of hydrogen-bond donors (Lipinski definition) is 6. The second kappa shape index (κ2) is 13.7. The predicted molar refractivity (Wildman–Crippen MR) is 195 cm³/mol. The Hall–Kier alpha value is -3.56. The number of carbonyl (C=O) groups excluding carboxylic acids is 2. The highest BCUT2D eigenvalue weighted by Gasteiger charge is 2.51. The average Bonchev–Trinajstić information content (AvgIpc) is 3.03. The quantitative estimate of drug-likeness (QED) is 0.117. The monoisotopic (exact) mass is 728 g/mol. The van der Waals surface area contributed by atoms with Gasteiger partial charge in [-0.3, -0.25) is 0 Å². The number of nitrogens with one attached hydrogen (secondary N) is 4. The topological polar surface area (TPSA) is 123 Å². The van der Waals surface area contributed by atoms with E-state index in [-0.39, 0.29) is 44.5 Å². The Morgan fingerprint density at radius 2 is 1.12 bits per heavy atom. The van der Waals surface area contributed by atoms with E-state index in [0.717, 1.165) is 47.8 Å². The Kier molecular flexibility index (Phi) is 9.83. The maximum atomic E-state index is 12.5. The van der Waals surface area contributed by atoms with Gasteiger partial charge >= 0.3 is 12.1 Å². The molecule has 0 aromatic heterocycles. The molecule has 8 rings (SSSR count). The minimum Gasteiger partial charge on any atom is -0.504 e. The van der Waals surface area contributed by atoms with Gasteiger partial charge in [0.25, 0.3) is 0 Å². The number of urea groups is 2. The number of hydrogen-bond acceptors (Lipinski definition) is 4. The van der Waals surface area contributed by atoms with Crippen molar-refractivity contribution in [3.8, 4) is 11.5 Å². The van der Waals surface area contributed by atoms with Crippen molar-refractivity contribution in [1.29, 1.82) is 0 Å². The van der Waals surface area contributed by atoms with Crippen LogP contribution in [0, 0.1) is 31.6 Å². The molecule has 12 heteroatoms. The predicted octanol–water partition coefficient (Wildman–Crippen LogP) is 10.9. The summed E-state index contributed by atoms with van der Waals surface area (Å²) in [6.45, 7) is 3.41. The van der Waals surface area contributed by atoms with Crippen LogP contribution in [0.5, 0.6) is 11.5 Å². The molecule has 0 spiro atoms. The SMILES string of the molecule is Cc1c(Cl)cc(NC(=O)NC23CC4CC(CC(C4)C2)C3)c(O)c1Cl.Cc1c(Cl)cc(NC(=O)Nc2cccc3ccccc23)c(O)c1Cl. The lowest BCUT2D eigenvalue weighted by Gasteiger charge is -2.56. The van der Waals surface area contributed by atoms with Crippen LogP contribution in [-0.4, -0.2) is 27.8 Å². The zero-order valence-electron chi connectivity index (χ0n) is 26.4. The van der Waals surface area contributed by atoms with Gasteiger partial charge in [-0.05, 0) is 105 Å². The lowest BCUT2D eigenvalue weighted by Crippen LogP contribution is -2.60. The zero-order valence-corrected chi connectivity index (χ0v) is 29.4. The molecule has 4 aromatic carbocycles. The van der Waals surface area contributed by atoms with Gasteiger partial charge in [-0.2, -0.15) is 0 Å². The number of phenols is 2. The Bertz CT molecular complexity index is 1880. The number of benzene rings is 4. The summed E-state index contributed by atoms with van der Waals surface area (Å²) in [7, 11) is 0. The highest BCUT2D eigenvalue weighted by atomic mass is 35.5. The molecule has 4 amide bonds. The van der Waals surface area contributed by atoms with Crippen LogP contribution in [0.1, 0.15) is 49.7 Å². The highest BCUT2D eigenvalue weighted by molar-refractivity contribution is 6.38. The molecular weight excluding hydrogens is 694 g/mol. The number of phenolic OH excluding ortho intramolecular Hbond substituents is 2. The smallest absolute Gasteiger partial charge is 0.323 e. The normalized spacial score (nSPS) is 22.1. The summed E-state index contributed by atoms with van der Waals surface area (Å²) in [5.74, 6) is 1.92. The molecule has 48 heavy (non-hydrogen) atoms. The van der Waals surface area contributed by atoms with Crippen molar-refractivity contribution in [2.45, 2.75) is 57.9 Å². The van der Waals surface area contributed by atoms with E-state index in [4.69, 9.17) is 46.4 Å². The van der Waals surface area contributed by atoms with Gasteiger partial charge in [-0.15, -0.1) is 0 Å². The first-order chi connectivity index (χ1) is 22.8. The largest absolute Gasteiger partial charge is 0.504 e. The van der Waals surface area contributed by atoms with Crippen LogP contribution in [0.15, 0.2) is 54.6 Å². The molecule has 4 bridgehead atoms. The van der Waals surface area contributed by atoms with Gasteiger partial charge in [0.05, 0.1) is 27.1 Å². The first-order valence-corrected chi connectivity index (χ1v) is 17.3. The number of fused-ring (bicyclic) bond motifs is 1. The van der Waals surface area contributed by atoms with Crippen molar-refractivity contribution in [2.75, 3.05) is 16.0 Å². The number of anilines is 3. The van der Waals surface area contributed by atoms with Crippen molar-refractivity contribution in [1.82, 2.24) is 5.32 Å². The first-order valence-electron chi connectivity index (χ1n) is 15.8. The van der Waals surface area contributed by atoms with E-state index in [0.29, 0.717) is 26.9 Å². The second-order valence-electron chi connectivity index (χ2n) is 13.3. The molecule has 0 atom stereocenters. The van der Waals surface area contributed by atoms with E-state index >= 15 is 0 Å². The molecule has 0 saturated heterocycles. The van der Waals surface area contributed by atoms with Crippen molar-refractivity contribution in [2.24, 2.45) is 17.8 Å². The van der Waals surface area contributed by atoms with Crippen LogP contribution >= 0.6 is 46.4 Å². The Labute approximate surface area is 299 Å². The molecule has 4 fully saturated rings. The third-order valence-corrected chi connectivity index (χ3v) is 11.5. The van der Waals surface area contributed by atoms with E-state index in [1.165, 1.54) is 31.4 Å². The van der Waals surface area contributed by atoms with Gasteiger partial charge in [-0.25, -0.2) is 9.59 Å². The minimum absolute atomic E-state index is 0.0766. The number of rotatable bonds is 4. The Morgan fingerprint density at radius 1 is 0.667 bits per heavy atom. The Morgan fingerprint density at radius 3 is 1.67 bits per heavy atom. The summed E-state index contributed by atoms with van der Waals surface area (Å²) in [6, 6.07) is 15.5. The third kappa shape index (κ3) is 7.08. The molecule has 4 aromatic rings. The fourth-order valence-corrected chi connectivity index (χ4v) is 8.78. The van der Waals surface area contributed by atoms with Gasteiger partial charge in [0, 0.05) is 21.0 Å². The van der Waals surface area contributed by atoms with Gasteiger partial charge in [-0.1, -0.05) is 82.8 Å². The summed E-state index contributed by atoms with van der Waals surface area (Å²) >= 11 is 24.2. The van der Waals surface area contributed by atoms with Crippen molar-refractivity contribution in [3.63, 3.8) is 0 Å². The van der Waals surface area contributed by atoms with Crippen molar-refractivity contribution in [3.05, 3.63) is 85.8 Å². The van der Waals surface area contributed by atoms with Crippen LogP contribution in [0.2, 0.25) is 20.1 Å². The summed E-state index contributed by atoms with van der Waals surface area (Å²) in [4.78, 5) is 24.8. The van der Waals surface area contributed by atoms with E-state index in [2.05, 4.69) is 21.3 Å². The summed E-state index contributed by atoms with van der Waals surface area (Å²) in [6.07, 6.45) is 7.21. The summed E-state index contributed by atoms with van der Waals surface area (Å²) < 4.78 is 0. The van der Waals surface area contributed by atoms with Gasteiger partial charge in [0.15, 0.2) is 11.5 Å². The molecule has 4 aliphatic carbocycles. The molecule has 0 heterocycles. The van der Waals surface area contributed by atoms with E-state index in [1.807, 2.05) is 36.4 Å². The molecule has 4 saturated carbocycles. The second-order valence-corrected chi connectivity index (χ2v) is 14.8. The fraction of sp³-hybridized carbons (Fsp3) is 0.333. The number of aromatic hydroxyl groups is 2. The van der Waals surface area contributed by atoms with Crippen LogP contribution in [0.25, 0.3) is 10.8 Å². The third-order valence-electron chi connectivity index (χ3n) is 9.79. The molecule has 0 aliphatic heterocycles. The van der Waals surface area contributed by atoms with Crippen LogP contribution in [0.3, 0.4) is 0 Å². The maximum Gasteiger partial charge on any atom is 0.323 e. The zero-order chi connectivity index (χ0) is 34.3. The standard InChI is InChI=1S/C18H22Cl2N2O2.C18H14Cl2N2O2/c1-9-13(19)5-14(16(23)15(9)20)21-17(24)22-18-6-10-2-11(7-18)4-12(3-10)8-18;1-10-13(19)9-15(17(23)16(10)20)22-18(24)21-14-8-4-6-11-5-2-3-7-12(11)14/h5,10-12,23H,2-4,6-8H2,1H3,(H2,21,22,24);2-9,23H,1H3,(H2,21,22,24). The van der Waals surface area contributed by atoms with Crippen LogP contribution in [0.4, 0.5) is 26.7 Å². The molecular formula is C36H36Cl4N4O4. The fourth-order valence-electron chi connectivity index (χ4n) is 7.87. The van der Waals surface area contributed by atoms with E-state index in [1.54, 1.807) is 19.9 Å². The molecule has 0 unspecified atom stereocenters. The molecule has 4 aliphatic rings. The van der Waals surface area contributed by atoms with Crippen LogP contribution < -0.4 is 21.3 Å². The highest BCUT2D eigenvalue weighted by Crippen LogP contribution is 2.55.